The van der Waals surface area contributed by atoms with Crippen molar-refractivity contribution in [3.63, 3.8) is 0 Å². The molecule has 1 rings (SSSR count). The first-order chi connectivity index (χ1) is 5.58. The van der Waals surface area contributed by atoms with Crippen LogP contribution in [-0.2, 0) is 0 Å². The Hall–Kier alpha value is -1.31. The second kappa shape index (κ2) is 3.39. The number of aryl methyl sites for hydroxylation is 1. The number of rotatable bonds is 2. The molecule has 64 valence electrons. The Balaban J connectivity index is 2.93. The summed E-state index contributed by atoms with van der Waals surface area (Å²) in [5.41, 5.74) is 0.839. The zero-order valence-corrected chi connectivity index (χ0v) is 7.23. The first kappa shape index (κ1) is 8.78. The molecule has 0 heterocycles. The average Bonchev–Trinajstić information content (AvgIpc) is 1.81. The zero-order valence-electron chi connectivity index (χ0n) is 7.23. The van der Waals surface area contributed by atoms with Gasteiger partial charge in [0.1, 0.15) is 11.6 Å². The second-order valence-corrected chi connectivity index (χ2v) is 2.77. The quantitative estimate of drug-likeness (QED) is 0.613. The lowest BCUT2D eigenvalue weighted by molar-refractivity contribution is 0.426. The predicted molar refractivity (Wildman–Crippen MR) is 46.6 cm³/mol. The number of hydrogen-bond acceptors (Lipinski definition) is 1. The van der Waals surface area contributed by atoms with Gasteiger partial charge in [0.25, 0.3) is 0 Å². The molecule has 0 bridgehead atoms. The molecular formula is C10H11FO. The summed E-state index contributed by atoms with van der Waals surface area (Å²) >= 11 is 0. The van der Waals surface area contributed by atoms with Gasteiger partial charge in [0.05, 0.1) is 5.76 Å². The lowest BCUT2D eigenvalue weighted by Gasteiger charge is -2.04. The smallest absolute Gasteiger partial charge is 0.130 e. The molecule has 0 aliphatic rings. The van der Waals surface area contributed by atoms with E-state index in [1.165, 1.54) is 12.1 Å². The maximum Gasteiger partial charge on any atom is 0.130 e. The van der Waals surface area contributed by atoms with Gasteiger partial charge in [-0.15, -0.1) is 0 Å². The molecule has 12 heavy (non-hydrogen) atoms. The van der Waals surface area contributed by atoms with Crippen molar-refractivity contribution in [2.24, 2.45) is 0 Å². The molecular weight excluding hydrogens is 155 g/mol. The molecule has 1 nitrogen and oxygen atoms in total. The minimum Gasteiger partial charge on any atom is -0.463 e. The Morgan fingerprint density at radius 1 is 1.42 bits per heavy atom. The van der Waals surface area contributed by atoms with Crippen LogP contribution < -0.4 is 4.74 Å². The first-order valence-electron chi connectivity index (χ1n) is 3.68. The molecule has 0 aliphatic carbocycles. The number of halogens is 1. The Bertz CT molecular complexity index is 284. The molecule has 0 radical (unpaired) electrons. The Kier molecular flexibility index (Phi) is 2.48. The van der Waals surface area contributed by atoms with Crippen molar-refractivity contribution in [3.05, 3.63) is 41.9 Å². The summed E-state index contributed by atoms with van der Waals surface area (Å²) in [5.74, 6) is 0.770. The van der Waals surface area contributed by atoms with Gasteiger partial charge >= 0.3 is 0 Å². The number of hydrogen-bond donors (Lipinski definition) is 0. The average molecular weight is 166 g/mol. The lowest BCUT2D eigenvalue weighted by Crippen LogP contribution is -1.90. The van der Waals surface area contributed by atoms with E-state index in [4.69, 9.17) is 4.74 Å². The highest BCUT2D eigenvalue weighted by Gasteiger charge is 1.98. The Morgan fingerprint density at radius 3 is 2.58 bits per heavy atom. The molecule has 0 aliphatic heterocycles. The van der Waals surface area contributed by atoms with Gasteiger partial charge in [0, 0.05) is 6.07 Å². The van der Waals surface area contributed by atoms with Gasteiger partial charge in [-0.25, -0.2) is 4.39 Å². The lowest BCUT2D eigenvalue weighted by atomic mass is 10.2. The van der Waals surface area contributed by atoms with Crippen molar-refractivity contribution in [2.75, 3.05) is 0 Å². The molecule has 0 saturated carbocycles. The monoisotopic (exact) mass is 166 g/mol. The predicted octanol–water partition coefficient (Wildman–Crippen LogP) is 3.05. The van der Waals surface area contributed by atoms with Gasteiger partial charge in [0.2, 0.25) is 0 Å². The number of benzene rings is 1. The number of allylic oxidation sites excluding steroid dienone is 1. The Morgan fingerprint density at radius 2 is 2.08 bits per heavy atom. The summed E-state index contributed by atoms with van der Waals surface area (Å²) in [6, 6.07) is 4.55. The third-order valence-corrected chi connectivity index (χ3v) is 1.31. The van der Waals surface area contributed by atoms with E-state index in [2.05, 4.69) is 6.58 Å². The van der Waals surface area contributed by atoms with E-state index in [-0.39, 0.29) is 5.82 Å². The fraction of sp³-hybridized carbons (Fsp3) is 0.200. The van der Waals surface area contributed by atoms with Crippen LogP contribution in [0.4, 0.5) is 4.39 Å². The van der Waals surface area contributed by atoms with Gasteiger partial charge < -0.3 is 4.74 Å². The van der Waals surface area contributed by atoms with Crippen LogP contribution in [0.2, 0.25) is 0 Å². The maximum absolute atomic E-state index is 12.8. The molecule has 1 aromatic carbocycles. The van der Waals surface area contributed by atoms with Crippen LogP contribution in [-0.4, -0.2) is 0 Å². The van der Waals surface area contributed by atoms with Crippen LogP contribution in [0.25, 0.3) is 0 Å². The van der Waals surface area contributed by atoms with Crippen molar-refractivity contribution >= 4 is 0 Å². The van der Waals surface area contributed by atoms with E-state index in [0.29, 0.717) is 11.5 Å². The van der Waals surface area contributed by atoms with Gasteiger partial charge in [-0.3, -0.25) is 0 Å². The van der Waals surface area contributed by atoms with Crippen LogP contribution in [0.3, 0.4) is 0 Å². The maximum atomic E-state index is 12.8. The standard InChI is InChI=1S/C10H11FO/c1-7(2)12-10-5-8(3)4-9(11)6-10/h4-6H,1H2,2-3H3. The minimum absolute atomic E-state index is 0.286. The molecule has 0 unspecified atom stereocenters. The fourth-order valence-electron chi connectivity index (χ4n) is 0.963. The summed E-state index contributed by atoms with van der Waals surface area (Å²) in [6.45, 7) is 7.10. The molecule has 0 aromatic heterocycles. The highest BCUT2D eigenvalue weighted by atomic mass is 19.1. The normalized spacial score (nSPS) is 9.58. The summed E-state index contributed by atoms with van der Waals surface area (Å²) in [6.07, 6.45) is 0. The molecule has 0 fully saturated rings. The molecule has 1 aromatic rings. The fourth-order valence-corrected chi connectivity index (χ4v) is 0.963. The van der Waals surface area contributed by atoms with E-state index in [0.717, 1.165) is 5.56 Å². The summed E-state index contributed by atoms with van der Waals surface area (Å²) in [5, 5.41) is 0. The number of ether oxygens (including phenoxy) is 1. The van der Waals surface area contributed by atoms with E-state index >= 15 is 0 Å². The zero-order chi connectivity index (χ0) is 9.14. The van der Waals surface area contributed by atoms with Gasteiger partial charge in [-0.1, -0.05) is 6.58 Å². The Labute approximate surface area is 71.5 Å². The second-order valence-electron chi connectivity index (χ2n) is 2.77. The minimum atomic E-state index is -0.286. The van der Waals surface area contributed by atoms with Crippen molar-refractivity contribution in [1.29, 1.82) is 0 Å². The van der Waals surface area contributed by atoms with Gasteiger partial charge in [0.15, 0.2) is 0 Å². The van der Waals surface area contributed by atoms with Crippen LogP contribution >= 0.6 is 0 Å². The summed E-state index contributed by atoms with van der Waals surface area (Å²) in [7, 11) is 0. The third-order valence-electron chi connectivity index (χ3n) is 1.31. The van der Waals surface area contributed by atoms with E-state index in [1.807, 2.05) is 6.92 Å². The van der Waals surface area contributed by atoms with Crippen molar-refractivity contribution in [2.45, 2.75) is 13.8 Å². The van der Waals surface area contributed by atoms with Crippen molar-refractivity contribution in [3.8, 4) is 5.75 Å². The largest absolute Gasteiger partial charge is 0.463 e. The molecule has 0 amide bonds. The van der Waals surface area contributed by atoms with Gasteiger partial charge in [-0.2, -0.15) is 0 Å². The summed E-state index contributed by atoms with van der Waals surface area (Å²) in [4.78, 5) is 0. The van der Waals surface area contributed by atoms with Crippen molar-refractivity contribution in [1.82, 2.24) is 0 Å². The highest BCUT2D eigenvalue weighted by Crippen LogP contribution is 2.17. The topological polar surface area (TPSA) is 9.23 Å². The van der Waals surface area contributed by atoms with Gasteiger partial charge in [-0.05, 0) is 31.5 Å². The molecule has 0 atom stereocenters. The van der Waals surface area contributed by atoms with E-state index in [9.17, 15) is 4.39 Å². The molecule has 0 N–H and O–H groups in total. The third kappa shape index (κ3) is 2.38. The molecule has 0 spiro atoms. The van der Waals surface area contributed by atoms with Crippen LogP contribution in [0, 0.1) is 12.7 Å². The SMILES string of the molecule is C=C(C)Oc1cc(C)cc(F)c1. The molecule has 2 heteroatoms. The first-order valence-corrected chi connectivity index (χ1v) is 3.68. The van der Waals surface area contributed by atoms with E-state index in [1.54, 1.807) is 13.0 Å². The van der Waals surface area contributed by atoms with Crippen LogP contribution in [0.15, 0.2) is 30.5 Å². The van der Waals surface area contributed by atoms with Crippen LogP contribution in [0.5, 0.6) is 5.75 Å². The van der Waals surface area contributed by atoms with E-state index < -0.39 is 0 Å². The highest BCUT2D eigenvalue weighted by molar-refractivity contribution is 5.29. The summed E-state index contributed by atoms with van der Waals surface area (Å²) < 4.78 is 17.9. The van der Waals surface area contributed by atoms with Crippen LogP contribution in [0.1, 0.15) is 12.5 Å². The van der Waals surface area contributed by atoms with Crippen molar-refractivity contribution < 1.29 is 9.13 Å². The molecule has 0 saturated heterocycles.